The van der Waals surface area contributed by atoms with Gasteiger partial charge in [0.25, 0.3) is 5.91 Å². The fourth-order valence-electron chi connectivity index (χ4n) is 2.74. The summed E-state index contributed by atoms with van der Waals surface area (Å²) in [6.45, 7) is 3.15. The summed E-state index contributed by atoms with van der Waals surface area (Å²) < 4.78 is 0. The minimum Gasteiger partial charge on any atom is -0.507 e. The van der Waals surface area contributed by atoms with Crippen LogP contribution in [0.2, 0.25) is 0 Å². The topological polar surface area (TPSA) is 82.1 Å². The molecule has 0 radical (unpaired) electrons. The Morgan fingerprint density at radius 3 is 2.95 bits per heavy atom. The van der Waals surface area contributed by atoms with Crippen molar-refractivity contribution >= 4 is 5.91 Å². The fourth-order valence-corrected chi connectivity index (χ4v) is 2.74. The van der Waals surface area contributed by atoms with Gasteiger partial charge in [-0.2, -0.15) is 5.10 Å². The third-order valence-corrected chi connectivity index (χ3v) is 3.82. The Morgan fingerprint density at radius 1 is 1.43 bits per heavy atom. The van der Waals surface area contributed by atoms with E-state index in [4.69, 9.17) is 0 Å². The van der Waals surface area contributed by atoms with Crippen molar-refractivity contribution in [2.24, 2.45) is 0 Å². The molecule has 1 aliphatic rings. The normalized spacial score (nSPS) is 18.7. The van der Waals surface area contributed by atoms with Gasteiger partial charge in [0.05, 0.1) is 5.56 Å². The summed E-state index contributed by atoms with van der Waals surface area (Å²) in [7, 11) is 0. The molecule has 0 saturated carbocycles. The van der Waals surface area contributed by atoms with Crippen molar-refractivity contribution in [2.75, 3.05) is 13.1 Å². The first-order valence-electron chi connectivity index (χ1n) is 7.11. The van der Waals surface area contributed by atoms with Crippen LogP contribution in [0.5, 0.6) is 5.75 Å². The first kappa shape index (κ1) is 13.6. The number of aryl methyl sites for hydroxylation is 1. The molecule has 110 valence electrons. The molecule has 1 fully saturated rings. The van der Waals surface area contributed by atoms with Crippen LogP contribution in [0.1, 0.15) is 40.8 Å². The molecule has 1 amide bonds. The molecule has 1 aliphatic heterocycles. The summed E-state index contributed by atoms with van der Waals surface area (Å²) in [4.78, 5) is 18.7. The van der Waals surface area contributed by atoms with Gasteiger partial charge in [0, 0.05) is 19.0 Å². The van der Waals surface area contributed by atoms with Crippen molar-refractivity contribution in [3.8, 4) is 5.75 Å². The van der Waals surface area contributed by atoms with E-state index in [1.165, 1.54) is 6.07 Å². The van der Waals surface area contributed by atoms with E-state index in [-0.39, 0.29) is 17.6 Å². The molecule has 1 aromatic carbocycles. The SMILES string of the molecule is Cc1nc([C@H]2CCCN(C(=O)c3ccccc3O)C2)n[nH]1. The largest absolute Gasteiger partial charge is 0.507 e. The number of hydrogen-bond acceptors (Lipinski definition) is 4. The second-order valence-electron chi connectivity index (χ2n) is 5.39. The van der Waals surface area contributed by atoms with Crippen LogP contribution in [0.4, 0.5) is 0 Å². The molecule has 6 heteroatoms. The van der Waals surface area contributed by atoms with Crippen molar-refractivity contribution in [1.29, 1.82) is 0 Å². The van der Waals surface area contributed by atoms with E-state index in [0.29, 0.717) is 18.7 Å². The summed E-state index contributed by atoms with van der Waals surface area (Å²) >= 11 is 0. The Morgan fingerprint density at radius 2 is 2.24 bits per heavy atom. The fraction of sp³-hybridized carbons (Fsp3) is 0.400. The van der Waals surface area contributed by atoms with Gasteiger partial charge in [-0.15, -0.1) is 0 Å². The molecule has 0 spiro atoms. The monoisotopic (exact) mass is 286 g/mol. The van der Waals surface area contributed by atoms with Gasteiger partial charge >= 0.3 is 0 Å². The van der Waals surface area contributed by atoms with Crippen molar-refractivity contribution in [1.82, 2.24) is 20.1 Å². The van der Waals surface area contributed by atoms with Gasteiger partial charge in [0.15, 0.2) is 5.82 Å². The number of aromatic amines is 1. The maximum Gasteiger partial charge on any atom is 0.257 e. The molecule has 2 N–H and O–H groups in total. The van der Waals surface area contributed by atoms with E-state index in [9.17, 15) is 9.90 Å². The number of hydrogen-bond donors (Lipinski definition) is 2. The number of para-hydroxylation sites is 1. The zero-order valence-corrected chi connectivity index (χ0v) is 11.9. The number of aromatic nitrogens is 3. The Balaban J connectivity index is 1.77. The van der Waals surface area contributed by atoms with E-state index < -0.39 is 0 Å². The Bertz CT molecular complexity index is 653. The van der Waals surface area contributed by atoms with Crippen molar-refractivity contribution in [2.45, 2.75) is 25.7 Å². The molecule has 21 heavy (non-hydrogen) atoms. The lowest BCUT2D eigenvalue weighted by atomic mass is 9.96. The minimum absolute atomic E-state index is 0.0263. The van der Waals surface area contributed by atoms with Gasteiger partial charge in [-0.3, -0.25) is 9.89 Å². The number of carbonyl (C=O) groups excluding carboxylic acids is 1. The number of likely N-dealkylation sites (tertiary alicyclic amines) is 1. The molecular formula is C15H18N4O2. The summed E-state index contributed by atoms with van der Waals surface area (Å²) in [5.41, 5.74) is 0.351. The number of piperidine rings is 1. The van der Waals surface area contributed by atoms with E-state index >= 15 is 0 Å². The third-order valence-electron chi connectivity index (χ3n) is 3.82. The number of amides is 1. The van der Waals surface area contributed by atoms with E-state index in [1.54, 1.807) is 23.1 Å². The van der Waals surface area contributed by atoms with Crippen molar-refractivity contribution in [3.63, 3.8) is 0 Å². The van der Waals surface area contributed by atoms with Crippen LogP contribution in [-0.4, -0.2) is 44.2 Å². The summed E-state index contributed by atoms with van der Waals surface area (Å²) in [6.07, 6.45) is 1.89. The highest BCUT2D eigenvalue weighted by Crippen LogP contribution is 2.27. The highest BCUT2D eigenvalue weighted by molar-refractivity contribution is 5.96. The second-order valence-corrected chi connectivity index (χ2v) is 5.39. The molecule has 2 aromatic rings. The number of phenols is 1. The Labute approximate surface area is 122 Å². The van der Waals surface area contributed by atoms with Crippen molar-refractivity contribution < 1.29 is 9.90 Å². The van der Waals surface area contributed by atoms with Gasteiger partial charge in [-0.25, -0.2) is 4.98 Å². The number of phenolic OH excluding ortho intramolecular Hbond substituents is 1. The number of aromatic hydroxyl groups is 1. The predicted octanol–water partition coefficient (Wildman–Crippen LogP) is 1.84. The second kappa shape index (κ2) is 5.55. The maximum atomic E-state index is 12.5. The average molecular weight is 286 g/mol. The number of benzene rings is 1. The first-order chi connectivity index (χ1) is 10.1. The summed E-state index contributed by atoms with van der Waals surface area (Å²) in [5.74, 6) is 1.60. The Hall–Kier alpha value is -2.37. The van der Waals surface area contributed by atoms with Crippen LogP contribution in [-0.2, 0) is 0 Å². The molecule has 2 heterocycles. The van der Waals surface area contributed by atoms with Crippen LogP contribution in [0.3, 0.4) is 0 Å². The number of carbonyl (C=O) groups is 1. The smallest absolute Gasteiger partial charge is 0.257 e. The molecule has 6 nitrogen and oxygen atoms in total. The minimum atomic E-state index is -0.134. The van der Waals surface area contributed by atoms with Gasteiger partial charge in [0.1, 0.15) is 11.6 Å². The Kier molecular flexibility index (Phi) is 3.60. The molecule has 3 rings (SSSR count). The number of nitrogens with zero attached hydrogens (tertiary/aromatic N) is 3. The number of nitrogens with one attached hydrogen (secondary N) is 1. The van der Waals surface area contributed by atoms with Gasteiger partial charge in [0.2, 0.25) is 0 Å². The highest BCUT2D eigenvalue weighted by atomic mass is 16.3. The standard InChI is InChI=1S/C15H18N4O2/c1-10-16-14(18-17-10)11-5-4-8-19(9-11)15(21)12-6-2-3-7-13(12)20/h2-3,6-7,11,20H,4-5,8-9H2,1H3,(H,16,17,18)/t11-/m0/s1. The highest BCUT2D eigenvalue weighted by Gasteiger charge is 2.28. The van der Waals surface area contributed by atoms with E-state index in [2.05, 4.69) is 15.2 Å². The predicted molar refractivity (Wildman–Crippen MR) is 77.1 cm³/mol. The zero-order valence-electron chi connectivity index (χ0n) is 11.9. The molecule has 1 atom stereocenters. The summed E-state index contributed by atoms with van der Waals surface area (Å²) in [6, 6.07) is 6.65. The average Bonchev–Trinajstić information content (AvgIpc) is 2.94. The van der Waals surface area contributed by atoms with Crippen molar-refractivity contribution in [3.05, 3.63) is 41.5 Å². The summed E-state index contributed by atoms with van der Waals surface area (Å²) in [5, 5.41) is 16.9. The van der Waals surface area contributed by atoms with Crippen LogP contribution in [0.15, 0.2) is 24.3 Å². The lowest BCUT2D eigenvalue weighted by Crippen LogP contribution is -2.39. The van der Waals surface area contributed by atoms with Crippen LogP contribution in [0.25, 0.3) is 0 Å². The van der Waals surface area contributed by atoms with Crippen LogP contribution < -0.4 is 0 Å². The lowest BCUT2D eigenvalue weighted by Gasteiger charge is -2.31. The molecule has 1 saturated heterocycles. The van der Waals surface area contributed by atoms with Gasteiger partial charge < -0.3 is 10.0 Å². The first-order valence-corrected chi connectivity index (χ1v) is 7.11. The quantitative estimate of drug-likeness (QED) is 0.882. The molecule has 0 aliphatic carbocycles. The number of rotatable bonds is 2. The van der Waals surface area contributed by atoms with Gasteiger partial charge in [-0.1, -0.05) is 12.1 Å². The molecule has 1 aromatic heterocycles. The molecular weight excluding hydrogens is 268 g/mol. The lowest BCUT2D eigenvalue weighted by molar-refractivity contribution is 0.0701. The zero-order chi connectivity index (χ0) is 14.8. The van der Waals surface area contributed by atoms with Gasteiger partial charge in [-0.05, 0) is 31.9 Å². The third kappa shape index (κ3) is 2.74. The maximum absolute atomic E-state index is 12.5. The van der Waals surface area contributed by atoms with E-state index in [1.807, 2.05) is 6.92 Å². The number of H-pyrrole nitrogens is 1. The van der Waals surface area contributed by atoms with Crippen LogP contribution >= 0.6 is 0 Å². The molecule has 0 unspecified atom stereocenters. The molecule has 0 bridgehead atoms. The van der Waals surface area contributed by atoms with E-state index in [0.717, 1.165) is 24.5 Å². The van der Waals surface area contributed by atoms with Crippen LogP contribution in [0, 0.1) is 6.92 Å².